The van der Waals surface area contributed by atoms with E-state index in [1.54, 1.807) is 6.20 Å². The van der Waals surface area contributed by atoms with Gasteiger partial charge in [-0.25, -0.2) is 27.7 Å². The number of aromatic nitrogens is 4. The number of urea groups is 1. The lowest BCUT2D eigenvalue weighted by Gasteiger charge is -2.32. The molecule has 222 valence electrons. The van der Waals surface area contributed by atoms with Crippen LogP contribution in [0, 0.1) is 0 Å². The number of fused-ring (bicyclic) bond motifs is 1. The Morgan fingerprint density at radius 1 is 1.10 bits per heavy atom. The topological polar surface area (TPSA) is 137 Å². The van der Waals surface area contributed by atoms with Gasteiger partial charge in [-0.05, 0) is 17.7 Å². The first-order valence-corrected chi connectivity index (χ1v) is 14.7. The van der Waals surface area contributed by atoms with Gasteiger partial charge in [0, 0.05) is 65.3 Å². The van der Waals surface area contributed by atoms with Crippen molar-refractivity contribution >= 4 is 33.2 Å². The Balaban J connectivity index is 1.52. The molecular weight excluding hydrogens is 567 g/mol. The van der Waals surface area contributed by atoms with E-state index in [1.165, 1.54) is 22.1 Å². The SMILES string of the molecule is CNC(=O)Nc1cc(C(F)(F)F)c(-c2nc(N3CCOCC3)c3cc(CN4CCN(S(C)(=O)=O)CC4)cn3n2)cn1. The van der Waals surface area contributed by atoms with Crippen LogP contribution in [0.1, 0.15) is 11.1 Å². The van der Waals surface area contributed by atoms with Crippen molar-refractivity contribution in [2.75, 3.05) is 76.0 Å². The molecule has 0 unspecified atom stereocenters. The normalized spacial score (nSPS) is 17.6. The largest absolute Gasteiger partial charge is 0.417 e. The average molecular weight is 598 g/mol. The van der Waals surface area contributed by atoms with Gasteiger partial charge in [-0.2, -0.15) is 17.5 Å². The summed E-state index contributed by atoms with van der Waals surface area (Å²) in [6.45, 7) is 4.25. The fraction of sp³-hybridized carbons (Fsp3) is 0.500. The third-order valence-electron chi connectivity index (χ3n) is 6.94. The number of rotatable bonds is 6. The van der Waals surface area contributed by atoms with E-state index in [4.69, 9.17) is 4.74 Å². The van der Waals surface area contributed by atoms with Crippen LogP contribution in [0.3, 0.4) is 0 Å². The molecule has 2 aliphatic heterocycles. The monoisotopic (exact) mass is 597 g/mol. The molecule has 2 aliphatic rings. The van der Waals surface area contributed by atoms with Crippen LogP contribution in [0.2, 0.25) is 0 Å². The first-order valence-electron chi connectivity index (χ1n) is 12.9. The summed E-state index contributed by atoms with van der Waals surface area (Å²) in [4.78, 5) is 24.3. The van der Waals surface area contributed by atoms with Crippen molar-refractivity contribution in [1.82, 2.24) is 34.1 Å². The number of halogens is 3. The highest BCUT2D eigenvalue weighted by molar-refractivity contribution is 7.88. The van der Waals surface area contributed by atoms with Crippen molar-refractivity contribution in [3.63, 3.8) is 0 Å². The Bertz CT molecular complexity index is 1530. The molecule has 0 radical (unpaired) electrons. The molecule has 0 aromatic carbocycles. The molecule has 2 N–H and O–H groups in total. The van der Waals surface area contributed by atoms with Gasteiger partial charge in [0.25, 0.3) is 0 Å². The molecule has 0 spiro atoms. The van der Waals surface area contributed by atoms with Gasteiger partial charge in [0.05, 0.1) is 30.6 Å². The van der Waals surface area contributed by atoms with E-state index in [-0.39, 0.29) is 17.2 Å². The zero-order valence-electron chi connectivity index (χ0n) is 22.5. The highest BCUT2D eigenvalue weighted by atomic mass is 32.2. The third-order valence-corrected chi connectivity index (χ3v) is 8.24. The van der Waals surface area contributed by atoms with Gasteiger partial charge in [0.1, 0.15) is 11.3 Å². The molecule has 3 aromatic rings. The summed E-state index contributed by atoms with van der Waals surface area (Å²) >= 11 is 0. The van der Waals surface area contributed by atoms with Crippen molar-refractivity contribution < 1.29 is 31.1 Å². The Kier molecular flexibility index (Phi) is 8.04. The zero-order chi connectivity index (χ0) is 29.4. The van der Waals surface area contributed by atoms with Gasteiger partial charge in [-0.1, -0.05) is 0 Å². The molecule has 17 heteroatoms. The number of amides is 2. The average Bonchev–Trinajstić information content (AvgIpc) is 3.34. The van der Waals surface area contributed by atoms with Gasteiger partial charge >= 0.3 is 12.2 Å². The molecule has 2 amide bonds. The second-order valence-corrected chi connectivity index (χ2v) is 11.8. The minimum absolute atomic E-state index is 0.172. The number of carbonyl (C=O) groups excluding carboxylic acids is 1. The summed E-state index contributed by atoms with van der Waals surface area (Å²) in [7, 11) is -1.92. The fourth-order valence-corrected chi connectivity index (χ4v) is 5.67. The maximum absolute atomic E-state index is 14.2. The molecule has 5 heterocycles. The number of hydrogen-bond donors (Lipinski definition) is 2. The molecule has 0 bridgehead atoms. The lowest BCUT2D eigenvalue weighted by Crippen LogP contribution is -2.47. The van der Waals surface area contributed by atoms with Crippen LogP contribution >= 0.6 is 0 Å². The van der Waals surface area contributed by atoms with E-state index in [2.05, 4.69) is 30.6 Å². The first kappa shape index (κ1) is 29.0. The number of alkyl halides is 3. The number of carbonyl (C=O) groups is 1. The van der Waals surface area contributed by atoms with E-state index in [0.29, 0.717) is 70.4 Å². The second-order valence-electron chi connectivity index (χ2n) is 9.79. The summed E-state index contributed by atoms with van der Waals surface area (Å²) in [5.74, 6) is 0.0236. The summed E-state index contributed by atoms with van der Waals surface area (Å²) in [5, 5.41) is 8.97. The van der Waals surface area contributed by atoms with Gasteiger partial charge < -0.3 is 15.0 Å². The van der Waals surface area contributed by atoms with Gasteiger partial charge in [0.15, 0.2) is 11.6 Å². The van der Waals surface area contributed by atoms with Crippen LogP contribution in [0.5, 0.6) is 0 Å². The van der Waals surface area contributed by atoms with Crippen LogP contribution in [0.25, 0.3) is 16.9 Å². The number of nitrogens with zero attached hydrogens (tertiary/aromatic N) is 7. The Labute approximate surface area is 234 Å². The third kappa shape index (κ3) is 6.52. The molecule has 5 rings (SSSR count). The molecule has 0 saturated carbocycles. The van der Waals surface area contributed by atoms with Gasteiger partial charge in [-0.15, -0.1) is 5.10 Å². The van der Waals surface area contributed by atoms with Crippen LogP contribution < -0.4 is 15.5 Å². The number of ether oxygens (including phenoxy) is 1. The highest BCUT2D eigenvalue weighted by Gasteiger charge is 2.36. The van der Waals surface area contributed by atoms with Crippen molar-refractivity contribution in [2.24, 2.45) is 0 Å². The molecule has 3 aromatic heterocycles. The molecular formula is C24H30F3N9O4S. The summed E-state index contributed by atoms with van der Waals surface area (Å²) < 4.78 is 74.6. The molecule has 0 aliphatic carbocycles. The Morgan fingerprint density at radius 3 is 2.44 bits per heavy atom. The fourth-order valence-electron chi connectivity index (χ4n) is 4.84. The molecule has 2 fully saturated rings. The Morgan fingerprint density at radius 2 is 1.80 bits per heavy atom. The van der Waals surface area contributed by atoms with Crippen molar-refractivity contribution in [3.05, 3.63) is 35.7 Å². The zero-order valence-corrected chi connectivity index (χ0v) is 23.3. The van der Waals surface area contributed by atoms with Crippen molar-refractivity contribution in [2.45, 2.75) is 12.7 Å². The highest BCUT2D eigenvalue weighted by Crippen LogP contribution is 2.38. The molecule has 2 saturated heterocycles. The van der Waals surface area contributed by atoms with Crippen LogP contribution in [-0.4, -0.2) is 109 Å². The van der Waals surface area contributed by atoms with Crippen LogP contribution in [0.4, 0.5) is 29.6 Å². The van der Waals surface area contributed by atoms with E-state index < -0.39 is 27.8 Å². The molecule has 41 heavy (non-hydrogen) atoms. The standard InChI is InChI=1S/C24H30F3N9O4S/c1-28-23(37)30-20-12-18(24(25,26)27)17(13-29-20)21-31-22(34-7-9-40-10-8-34)19-11-16(15-36(19)32-21)14-33-3-5-35(6-4-33)41(2,38)39/h11-13,15H,3-10,14H2,1-2H3,(H2,28,29,30,37). The minimum Gasteiger partial charge on any atom is -0.378 e. The minimum atomic E-state index is -4.77. The van der Waals surface area contributed by atoms with E-state index in [9.17, 15) is 26.4 Å². The predicted octanol–water partition coefficient (Wildman–Crippen LogP) is 1.48. The van der Waals surface area contributed by atoms with E-state index >= 15 is 0 Å². The number of sulfonamides is 1. The maximum Gasteiger partial charge on any atom is 0.417 e. The summed E-state index contributed by atoms with van der Waals surface area (Å²) in [6.07, 6.45) is -0.831. The molecule has 13 nitrogen and oxygen atoms in total. The molecule has 0 atom stereocenters. The van der Waals surface area contributed by atoms with Crippen molar-refractivity contribution in [1.29, 1.82) is 0 Å². The number of piperazine rings is 1. The second kappa shape index (κ2) is 11.4. The Hall–Kier alpha value is -3.54. The van der Waals surface area contributed by atoms with Crippen molar-refractivity contribution in [3.8, 4) is 11.4 Å². The first-order chi connectivity index (χ1) is 19.4. The number of anilines is 2. The van der Waals surface area contributed by atoms with Gasteiger partial charge in [-0.3, -0.25) is 10.2 Å². The number of hydrogen-bond acceptors (Lipinski definition) is 9. The van der Waals surface area contributed by atoms with E-state index in [1.807, 2.05) is 11.0 Å². The lowest BCUT2D eigenvalue weighted by atomic mass is 10.1. The van der Waals surface area contributed by atoms with Gasteiger partial charge in [0.2, 0.25) is 10.0 Å². The number of nitrogens with one attached hydrogen (secondary N) is 2. The smallest absolute Gasteiger partial charge is 0.378 e. The van der Waals surface area contributed by atoms with Crippen LogP contribution in [0.15, 0.2) is 24.5 Å². The maximum atomic E-state index is 14.2. The predicted molar refractivity (Wildman–Crippen MR) is 144 cm³/mol. The summed E-state index contributed by atoms with van der Waals surface area (Å²) in [5.41, 5.74) is 0.115. The lowest BCUT2D eigenvalue weighted by molar-refractivity contribution is -0.137. The van der Waals surface area contributed by atoms with E-state index in [0.717, 1.165) is 17.8 Å². The quantitative estimate of drug-likeness (QED) is 0.433. The number of pyridine rings is 1. The summed E-state index contributed by atoms with van der Waals surface area (Å²) in [6, 6.07) is 1.95. The van der Waals surface area contributed by atoms with Crippen LogP contribution in [-0.2, 0) is 27.5 Å². The number of morpholine rings is 1.